The Morgan fingerprint density at radius 3 is 3.00 bits per heavy atom. The summed E-state index contributed by atoms with van der Waals surface area (Å²) in [6.07, 6.45) is 0.826. The minimum absolute atomic E-state index is 0.546. The van der Waals surface area contributed by atoms with E-state index >= 15 is 0 Å². The van der Waals surface area contributed by atoms with Gasteiger partial charge in [-0.1, -0.05) is 13.0 Å². The number of nitrogens with two attached hydrogens (primary N) is 1. The van der Waals surface area contributed by atoms with Crippen LogP contribution in [0.5, 0.6) is 0 Å². The molecule has 1 aromatic heterocycles. The number of hydrogen-bond donors (Lipinski definition) is 1. The Hall–Kier alpha value is -1.35. The topological polar surface area (TPSA) is 52.0 Å². The van der Waals surface area contributed by atoms with Crippen LogP contribution >= 0.6 is 0 Å². The van der Waals surface area contributed by atoms with Gasteiger partial charge in [0, 0.05) is 13.0 Å². The van der Waals surface area contributed by atoms with Gasteiger partial charge in [-0.2, -0.15) is 0 Å². The Kier molecular flexibility index (Phi) is 2.02. The molecule has 2 rings (SSSR count). The van der Waals surface area contributed by atoms with E-state index < -0.39 is 0 Å². The van der Waals surface area contributed by atoms with Gasteiger partial charge in [0.2, 0.25) is 0 Å². The number of aromatic nitrogens is 1. The van der Waals surface area contributed by atoms with Crippen LogP contribution in [0.2, 0.25) is 0 Å². The zero-order valence-corrected chi connectivity index (χ0v) is 7.58. The third kappa shape index (κ3) is 1.42. The van der Waals surface area contributed by atoms with E-state index in [0.29, 0.717) is 6.54 Å². The van der Waals surface area contributed by atoms with Gasteiger partial charge in [-0.25, -0.2) is 4.98 Å². The lowest BCUT2D eigenvalue weighted by Crippen LogP contribution is -1.94. The SMILES string of the molecule is CCc1nc2cc(CN)ccc2o1. The van der Waals surface area contributed by atoms with Gasteiger partial charge in [-0.3, -0.25) is 0 Å². The van der Waals surface area contributed by atoms with E-state index in [1.807, 2.05) is 25.1 Å². The van der Waals surface area contributed by atoms with E-state index in [9.17, 15) is 0 Å². The largest absolute Gasteiger partial charge is 0.441 e. The van der Waals surface area contributed by atoms with Gasteiger partial charge in [0.05, 0.1) is 0 Å². The second kappa shape index (κ2) is 3.18. The molecule has 1 heterocycles. The van der Waals surface area contributed by atoms with Gasteiger partial charge in [0.1, 0.15) is 5.52 Å². The van der Waals surface area contributed by atoms with E-state index in [-0.39, 0.29) is 0 Å². The molecule has 0 saturated carbocycles. The number of benzene rings is 1. The van der Waals surface area contributed by atoms with Crippen LogP contribution < -0.4 is 5.73 Å². The zero-order chi connectivity index (χ0) is 9.26. The summed E-state index contributed by atoms with van der Waals surface area (Å²) in [6, 6.07) is 5.86. The zero-order valence-electron chi connectivity index (χ0n) is 7.58. The molecule has 0 aliphatic rings. The molecule has 3 nitrogen and oxygen atoms in total. The molecule has 13 heavy (non-hydrogen) atoms. The summed E-state index contributed by atoms with van der Waals surface area (Å²) in [5, 5.41) is 0. The third-order valence-corrected chi connectivity index (χ3v) is 2.03. The van der Waals surface area contributed by atoms with Crippen LogP contribution in [0.4, 0.5) is 0 Å². The van der Waals surface area contributed by atoms with Gasteiger partial charge >= 0.3 is 0 Å². The Labute approximate surface area is 76.6 Å². The van der Waals surface area contributed by atoms with Crippen molar-refractivity contribution in [1.29, 1.82) is 0 Å². The van der Waals surface area contributed by atoms with E-state index in [0.717, 1.165) is 29.0 Å². The predicted molar refractivity (Wildman–Crippen MR) is 51.3 cm³/mol. The second-order valence-corrected chi connectivity index (χ2v) is 2.97. The van der Waals surface area contributed by atoms with Crippen LogP contribution in [-0.4, -0.2) is 4.98 Å². The summed E-state index contributed by atoms with van der Waals surface area (Å²) in [5.41, 5.74) is 8.35. The minimum atomic E-state index is 0.546. The van der Waals surface area contributed by atoms with Crippen molar-refractivity contribution in [1.82, 2.24) is 4.98 Å². The monoisotopic (exact) mass is 176 g/mol. The number of oxazole rings is 1. The first-order chi connectivity index (χ1) is 6.33. The third-order valence-electron chi connectivity index (χ3n) is 2.03. The number of nitrogens with zero attached hydrogens (tertiary/aromatic N) is 1. The molecule has 2 aromatic rings. The molecule has 3 heteroatoms. The van der Waals surface area contributed by atoms with Crippen molar-refractivity contribution in [2.24, 2.45) is 5.73 Å². The van der Waals surface area contributed by atoms with E-state index in [2.05, 4.69) is 4.98 Å². The van der Waals surface area contributed by atoms with Crippen molar-refractivity contribution in [3.8, 4) is 0 Å². The fraction of sp³-hybridized carbons (Fsp3) is 0.300. The van der Waals surface area contributed by atoms with Gasteiger partial charge < -0.3 is 10.2 Å². The Morgan fingerprint density at radius 2 is 2.31 bits per heavy atom. The van der Waals surface area contributed by atoms with Crippen molar-refractivity contribution < 1.29 is 4.42 Å². The summed E-state index contributed by atoms with van der Waals surface area (Å²) in [6.45, 7) is 2.57. The van der Waals surface area contributed by atoms with Gasteiger partial charge in [0.15, 0.2) is 11.5 Å². The van der Waals surface area contributed by atoms with Crippen molar-refractivity contribution in [3.63, 3.8) is 0 Å². The smallest absolute Gasteiger partial charge is 0.195 e. The maximum absolute atomic E-state index is 5.52. The van der Waals surface area contributed by atoms with Gasteiger partial charge in [0.25, 0.3) is 0 Å². The molecule has 0 bridgehead atoms. The average Bonchev–Trinajstić information content (AvgIpc) is 2.58. The molecule has 0 saturated heterocycles. The lowest BCUT2D eigenvalue weighted by Gasteiger charge is -1.92. The molecular formula is C10H12N2O. The summed E-state index contributed by atoms with van der Waals surface area (Å²) in [4.78, 5) is 4.32. The summed E-state index contributed by atoms with van der Waals surface area (Å²) in [7, 11) is 0. The Morgan fingerprint density at radius 1 is 1.46 bits per heavy atom. The van der Waals surface area contributed by atoms with Crippen LogP contribution in [0.15, 0.2) is 22.6 Å². The van der Waals surface area contributed by atoms with Crippen molar-refractivity contribution in [2.45, 2.75) is 19.9 Å². The fourth-order valence-electron chi connectivity index (χ4n) is 1.30. The molecule has 0 aliphatic heterocycles. The van der Waals surface area contributed by atoms with E-state index in [1.54, 1.807) is 0 Å². The van der Waals surface area contributed by atoms with Crippen LogP contribution in [0, 0.1) is 0 Å². The summed E-state index contributed by atoms with van der Waals surface area (Å²) < 4.78 is 5.46. The lowest BCUT2D eigenvalue weighted by molar-refractivity contribution is 0.538. The molecular weight excluding hydrogens is 164 g/mol. The van der Waals surface area contributed by atoms with Crippen molar-refractivity contribution >= 4 is 11.1 Å². The molecule has 0 amide bonds. The Bertz CT molecular complexity index is 418. The summed E-state index contributed by atoms with van der Waals surface area (Å²) >= 11 is 0. The van der Waals surface area contributed by atoms with Crippen LogP contribution in [-0.2, 0) is 13.0 Å². The highest BCUT2D eigenvalue weighted by molar-refractivity contribution is 5.73. The second-order valence-electron chi connectivity index (χ2n) is 2.97. The number of hydrogen-bond acceptors (Lipinski definition) is 3. The molecule has 1 aromatic carbocycles. The first-order valence-corrected chi connectivity index (χ1v) is 4.42. The van der Waals surface area contributed by atoms with Gasteiger partial charge in [-0.05, 0) is 17.7 Å². The lowest BCUT2D eigenvalue weighted by atomic mass is 10.2. The molecule has 0 radical (unpaired) electrons. The quantitative estimate of drug-likeness (QED) is 0.759. The van der Waals surface area contributed by atoms with Crippen LogP contribution in [0.25, 0.3) is 11.1 Å². The number of rotatable bonds is 2. The average molecular weight is 176 g/mol. The first kappa shape index (κ1) is 8.26. The molecule has 0 aliphatic carbocycles. The van der Waals surface area contributed by atoms with Crippen LogP contribution in [0.1, 0.15) is 18.4 Å². The normalized spacial score (nSPS) is 10.9. The summed E-state index contributed by atoms with van der Waals surface area (Å²) in [5.74, 6) is 0.782. The predicted octanol–water partition coefficient (Wildman–Crippen LogP) is 1.85. The molecule has 0 spiro atoms. The fourth-order valence-corrected chi connectivity index (χ4v) is 1.30. The Balaban J connectivity index is 2.57. The van der Waals surface area contributed by atoms with Crippen LogP contribution in [0.3, 0.4) is 0 Å². The van der Waals surface area contributed by atoms with E-state index in [4.69, 9.17) is 10.2 Å². The van der Waals surface area contributed by atoms with E-state index in [1.165, 1.54) is 0 Å². The highest BCUT2D eigenvalue weighted by Gasteiger charge is 2.03. The minimum Gasteiger partial charge on any atom is -0.441 e. The highest BCUT2D eigenvalue weighted by Crippen LogP contribution is 2.17. The van der Waals surface area contributed by atoms with Crippen molar-refractivity contribution in [2.75, 3.05) is 0 Å². The molecule has 0 fully saturated rings. The maximum Gasteiger partial charge on any atom is 0.195 e. The number of aryl methyl sites for hydroxylation is 1. The van der Waals surface area contributed by atoms with Gasteiger partial charge in [-0.15, -0.1) is 0 Å². The standard InChI is InChI=1S/C10H12N2O/c1-2-10-12-8-5-7(6-11)3-4-9(8)13-10/h3-5H,2,6,11H2,1H3. The molecule has 0 atom stereocenters. The molecule has 68 valence electrons. The first-order valence-electron chi connectivity index (χ1n) is 4.42. The molecule has 2 N–H and O–H groups in total. The molecule has 0 unspecified atom stereocenters. The highest BCUT2D eigenvalue weighted by atomic mass is 16.3. The maximum atomic E-state index is 5.52. The number of fused-ring (bicyclic) bond motifs is 1. The van der Waals surface area contributed by atoms with Crippen molar-refractivity contribution in [3.05, 3.63) is 29.7 Å².